The number of rotatable bonds is 28. The van der Waals surface area contributed by atoms with Crippen LogP contribution in [0.25, 0.3) is 0 Å². The van der Waals surface area contributed by atoms with E-state index in [1.807, 2.05) is 0 Å². The van der Waals surface area contributed by atoms with E-state index >= 15 is 0 Å². The predicted molar refractivity (Wildman–Crippen MR) is 155 cm³/mol. The van der Waals surface area contributed by atoms with Crippen LogP contribution in [0.15, 0.2) is 0 Å². The molecule has 0 heterocycles. The molecule has 36 heavy (non-hydrogen) atoms. The molecule has 0 spiro atoms. The molecule has 0 radical (unpaired) electrons. The summed E-state index contributed by atoms with van der Waals surface area (Å²) in [5, 5.41) is 18.0. The molecule has 0 saturated heterocycles. The first-order chi connectivity index (χ1) is 17.3. The highest BCUT2D eigenvalue weighted by Gasteiger charge is 2.27. The van der Waals surface area contributed by atoms with Crippen LogP contribution in [0.1, 0.15) is 137 Å². The van der Waals surface area contributed by atoms with Gasteiger partial charge in [-0.15, -0.1) is 0 Å². The number of ether oxygens (including phenoxy) is 2. The van der Waals surface area contributed by atoms with Crippen LogP contribution < -0.4 is 5.73 Å². The quantitative estimate of drug-likeness (QED) is 0.0629. The van der Waals surface area contributed by atoms with Gasteiger partial charge in [0.2, 0.25) is 0 Å². The van der Waals surface area contributed by atoms with Gasteiger partial charge in [0.05, 0.1) is 26.4 Å². The number of unbranched alkanes of at least 4 members (excludes halogenated alkanes) is 13. The second-order valence-electron chi connectivity index (χ2n) is 11.3. The van der Waals surface area contributed by atoms with Gasteiger partial charge >= 0.3 is 0 Å². The van der Waals surface area contributed by atoms with E-state index in [0.717, 1.165) is 18.9 Å². The second kappa shape index (κ2) is 24.0. The van der Waals surface area contributed by atoms with Gasteiger partial charge in [-0.1, -0.05) is 103 Å². The van der Waals surface area contributed by atoms with E-state index in [9.17, 15) is 0 Å². The first-order valence-corrected chi connectivity index (χ1v) is 16.8. The first-order valence-electron chi connectivity index (χ1n) is 15.2. The summed E-state index contributed by atoms with van der Waals surface area (Å²) in [5.74, 6) is -0.634. The van der Waals surface area contributed by atoms with Crippen molar-refractivity contribution in [3.8, 4) is 0 Å². The number of hydrogen-bond acceptors (Lipinski definition) is 6. The van der Waals surface area contributed by atoms with Gasteiger partial charge in [0.25, 0.3) is 5.97 Å². The third-order valence-corrected chi connectivity index (χ3v) is 8.70. The van der Waals surface area contributed by atoms with Crippen LogP contribution >= 0.6 is 0 Å². The molecule has 0 aliphatic rings. The van der Waals surface area contributed by atoms with Gasteiger partial charge < -0.3 is 29.8 Å². The lowest BCUT2D eigenvalue weighted by atomic mass is 9.81. The molecule has 1 atom stereocenters. The van der Waals surface area contributed by atoms with Crippen LogP contribution in [-0.2, 0) is 13.9 Å². The maximum Gasteiger partial charge on any atom is 0.270 e. The van der Waals surface area contributed by atoms with Crippen LogP contribution in [-0.4, -0.2) is 57.9 Å². The third-order valence-electron chi connectivity index (χ3n) is 7.18. The zero-order valence-electron chi connectivity index (χ0n) is 24.5. The highest BCUT2D eigenvalue weighted by Crippen LogP contribution is 2.27. The van der Waals surface area contributed by atoms with Gasteiger partial charge in [-0.2, -0.15) is 0 Å². The lowest BCUT2D eigenvalue weighted by molar-refractivity contribution is -0.336. The number of hydrogen-bond donors (Lipinski definition) is 3. The zero-order chi connectivity index (χ0) is 27.0. The molecule has 0 aliphatic carbocycles. The van der Waals surface area contributed by atoms with Gasteiger partial charge in [0, 0.05) is 12.5 Å². The van der Waals surface area contributed by atoms with Crippen LogP contribution in [0.2, 0.25) is 6.04 Å². The average molecular weight is 534 g/mol. The van der Waals surface area contributed by atoms with E-state index < -0.39 is 15.7 Å². The van der Waals surface area contributed by atoms with Crippen molar-refractivity contribution in [2.24, 2.45) is 11.7 Å². The minimum Gasteiger partial charge on any atom is -0.394 e. The van der Waals surface area contributed by atoms with Crippen LogP contribution in [0.4, 0.5) is 0 Å². The van der Waals surface area contributed by atoms with Crippen molar-refractivity contribution < 1.29 is 24.1 Å². The summed E-state index contributed by atoms with van der Waals surface area (Å²) >= 11 is 0. The maximum absolute atomic E-state index is 9.01. The molecule has 218 valence electrons. The molecular formula is C29H63NO5Si. The monoisotopic (exact) mass is 533 g/mol. The number of nitrogens with two attached hydrogens (primary N) is 1. The molecule has 0 saturated carbocycles. The van der Waals surface area contributed by atoms with Gasteiger partial charge in [-0.05, 0) is 38.7 Å². The minimum absolute atomic E-state index is 0.0878. The van der Waals surface area contributed by atoms with Gasteiger partial charge in [0.1, 0.15) is 0 Å². The van der Waals surface area contributed by atoms with Gasteiger partial charge in [0.15, 0.2) is 9.76 Å². The van der Waals surface area contributed by atoms with Gasteiger partial charge in [-0.25, -0.2) is 0 Å². The van der Waals surface area contributed by atoms with Crippen molar-refractivity contribution in [1.82, 2.24) is 0 Å². The van der Waals surface area contributed by atoms with Crippen molar-refractivity contribution in [1.29, 1.82) is 0 Å². The van der Waals surface area contributed by atoms with Crippen molar-refractivity contribution in [2.45, 2.75) is 154 Å². The molecule has 6 nitrogen and oxygen atoms in total. The first kappa shape index (κ1) is 36.0. The topological polar surface area (TPSA) is 94.2 Å². The summed E-state index contributed by atoms with van der Waals surface area (Å²) in [7, 11) is -0.836. The SMILES string of the molecule is CCCCCCCCCCCCCCCCC(CCC[SiH2]OC(C)(OCCO)OCCO)C(C)(C)N. The van der Waals surface area contributed by atoms with E-state index in [4.69, 9.17) is 29.8 Å². The number of aliphatic hydroxyl groups excluding tert-OH is 2. The highest BCUT2D eigenvalue weighted by atomic mass is 28.2. The summed E-state index contributed by atoms with van der Waals surface area (Å²) in [6.45, 7) is 8.46. The zero-order valence-corrected chi connectivity index (χ0v) is 26.0. The van der Waals surface area contributed by atoms with Crippen molar-refractivity contribution >= 4 is 9.76 Å². The molecule has 0 aromatic heterocycles. The van der Waals surface area contributed by atoms with E-state index in [2.05, 4.69) is 20.8 Å². The van der Waals surface area contributed by atoms with Crippen molar-refractivity contribution in [2.75, 3.05) is 26.4 Å². The Labute approximate surface area is 226 Å². The molecule has 0 amide bonds. The standard InChI is InChI=1S/C29H63NO5Si/c1-5-6-7-8-9-10-11-12-13-14-15-16-17-18-20-27(28(2,3)30)21-19-26-36-35-29(4,33-24-22-31)34-25-23-32/h27,31-32H,5-26,30,36H2,1-4H3. The second-order valence-corrected chi connectivity index (χ2v) is 12.7. The Morgan fingerprint density at radius 3 is 1.50 bits per heavy atom. The summed E-state index contributed by atoms with van der Waals surface area (Å²) < 4.78 is 16.9. The largest absolute Gasteiger partial charge is 0.394 e. The van der Waals surface area contributed by atoms with E-state index in [1.165, 1.54) is 96.3 Å². The summed E-state index contributed by atoms with van der Waals surface area (Å²) in [6.07, 6.45) is 22.9. The smallest absolute Gasteiger partial charge is 0.270 e. The highest BCUT2D eigenvalue weighted by molar-refractivity contribution is 6.27. The van der Waals surface area contributed by atoms with Crippen molar-refractivity contribution in [3.63, 3.8) is 0 Å². The molecule has 0 fully saturated rings. The predicted octanol–water partition coefficient (Wildman–Crippen LogP) is 6.20. The Hall–Kier alpha value is -0.0231. The van der Waals surface area contributed by atoms with E-state index in [1.54, 1.807) is 6.92 Å². The Kier molecular flexibility index (Phi) is 24.0. The molecule has 0 aromatic carbocycles. The molecule has 0 aliphatic heterocycles. The molecule has 4 N–H and O–H groups in total. The van der Waals surface area contributed by atoms with E-state index in [-0.39, 0.29) is 32.0 Å². The van der Waals surface area contributed by atoms with Crippen LogP contribution in [0.5, 0.6) is 0 Å². The van der Waals surface area contributed by atoms with Crippen LogP contribution in [0.3, 0.4) is 0 Å². The minimum atomic E-state index is -1.17. The van der Waals surface area contributed by atoms with Crippen LogP contribution in [0, 0.1) is 5.92 Å². The lowest BCUT2D eigenvalue weighted by Crippen LogP contribution is -2.41. The maximum atomic E-state index is 9.01. The Morgan fingerprint density at radius 2 is 1.08 bits per heavy atom. The molecule has 1 unspecified atom stereocenters. The fourth-order valence-electron chi connectivity index (χ4n) is 4.81. The molecule has 0 rings (SSSR count). The Balaban J connectivity index is 3.90. The van der Waals surface area contributed by atoms with E-state index in [0.29, 0.717) is 5.92 Å². The Morgan fingerprint density at radius 1 is 0.667 bits per heavy atom. The summed E-state index contributed by atoms with van der Waals surface area (Å²) in [4.78, 5) is 0. The molecule has 7 heteroatoms. The molecule has 0 bridgehead atoms. The lowest BCUT2D eigenvalue weighted by Gasteiger charge is -2.31. The Bertz CT molecular complexity index is 453. The normalized spacial score (nSPS) is 13.8. The third kappa shape index (κ3) is 22.0. The van der Waals surface area contributed by atoms with Crippen molar-refractivity contribution in [3.05, 3.63) is 0 Å². The number of aliphatic hydroxyl groups is 2. The summed E-state index contributed by atoms with van der Waals surface area (Å²) in [6, 6.07) is 1.03. The fraction of sp³-hybridized carbons (Fsp3) is 1.00. The van der Waals surface area contributed by atoms with Gasteiger partial charge in [-0.3, -0.25) is 0 Å². The fourth-order valence-corrected chi connectivity index (χ4v) is 5.99. The molecule has 0 aromatic rings. The average Bonchev–Trinajstić information content (AvgIpc) is 2.84. The molecular weight excluding hydrogens is 470 g/mol. The summed E-state index contributed by atoms with van der Waals surface area (Å²) in [5.41, 5.74) is 6.37.